The zero-order chi connectivity index (χ0) is 22.8. The molecule has 7 nitrogen and oxygen atoms in total. The van der Waals surface area contributed by atoms with E-state index in [-0.39, 0.29) is 6.03 Å². The van der Waals surface area contributed by atoms with Crippen LogP contribution in [0.5, 0.6) is 0 Å². The first-order chi connectivity index (χ1) is 16.2. The Hall–Kier alpha value is -2.71. The number of anilines is 1. The van der Waals surface area contributed by atoms with E-state index < -0.39 is 0 Å². The van der Waals surface area contributed by atoms with Gasteiger partial charge in [-0.2, -0.15) is 0 Å². The molecule has 5 rings (SSSR count). The zero-order valence-corrected chi connectivity index (χ0v) is 20.3. The molecular formula is C25H32N6OS. The average Bonchev–Trinajstić information content (AvgIpc) is 3.22. The maximum Gasteiger partial charge on any atom is 0.317 e. The van der Waals surface area contributed by atoms with E-state index in [9.17, 15) is 4.79 Å². The second-order valence-corrected chi connectivity index (χ2v) is 9.82. The molecule has 2 aliphatic rings. The van der Waals surface area contributed by atoms with Crippen LogP contribution in [0.4, 0.5) is 10.6 Å². The van der Waals surface area contributed by atoms with Crippen molar-refractivity contribution in [3.63, 3.8) is 0 Å². The van der Waals surface area contributed by atoms with E-state index in [1.165, 1.54) is 21.4 Å². The van der Waals surface area contributed by atoms with Gasteiger partial charge in [0.25, 0.3) is 0 Å². The first-order valence-corrected chi connectivity index (χ1v) is 12.8. The van der Waals surface area contributed by atoms with E-state index in [1.54, 1.807) is 0 Å². The van der Waals surface area contributed by atoms with Gasteiger partial charge in [0.15, 0.2) is 0 Å². The highest BCUT2D eigenvalue weighted by Gasteiger charge is 2.28. The summed E-state index contributed by atoms with van der Waals surface area (Å²) in [6.07, 6.45) is 1.78. The molecule has 0 aliphatic carbocycles. The van der Waals surface area contributed by atoms with E-state index in [4.69, 9.17) is 9.97 Å². The van der Waals surface area contributed by atoms with Gasteiger partial charge in [0.1, 0.15) is 16.5 Å². The summed E-state index contributed by atoms with van der Waals surface area (Å²) < 4.78 is 0. The summed E-state index contributed by atoms with van der Waals surface area (Å²) in [6, 6.07) is 10.5. The molecule has 1 fully saturated rings. The van der Waals surface area contributed by atoms with Gasteiger partial charge in [-0.1, -0.05) is 37.3 Å². The lowest BCUT2D eigenvalue weighted by atomic mass is 10.0. The summed E-state index contributed by atoms with van der Waals surface area (Å²) in [5.41, 5.74) is 2.66. The predicted molar refractivity (Wildman–Crippen MR) is 134 cm³/mol. The molecule has 1 saturated heterocycles. The SMILES string of the molecule is CCNC(=O)N1CCN(c2nc(Cc3ccccc3)nc3sc4c(c23)CCN(CC)C4)CC1. The summed E-state index contributed by atoms with van der Waals surface area (Å²) in [6.45, 7) is 11.0. The van der Waals surface area contributed by atoms with Crippen LogP contribution in [0.3, 0.4) is 0 Å². The highest BCUT2D eigenvalue weighted by molar-refractivity contribution is 7.19. The number of amides is 2. The molecule has 2 aliphatic heterocycles. The van der Waals surface area contributed by atoms with E-state index >= 15 is 0 Å². The molecule has 174 valence electrons. The molecule has 1 N–H and O–H groups in total. The molecule has 0 saturated carbocycles. The minimum Gasteiger partial charge on any atom is -0.352 e. The molecule has 0 spiro atoms. The minimum absolute atomic E-state index is 0.0299. The maximum absolute atomic E-state index is 12.3. The van der Waals surface area contributed by atoms with Crippen LogP contribution in [0.2, 0.25) is 0 Å². The molecule has 2 aromatic heterocycles. The molecule has 33 heavy (non-hydrogen) atoms. The molecule has 0 bridgehead atoms. The number of hydrogen-bond acceptors (Lipinski definition) is 6. The van der Waals surface area contributed by atoms with Gasteiger partial charge in [-0.15, -0.1) is 11.3 Å². The Morgan fingerprint density at radius 1 is 1.06 bits per heavy atom. The number of rotatable bonds is 5. The zero-order valence-electron chi connectivity index (χ0n) is 19.5. The standard InChI is InChI=1S/C25H32N6OS/c1-3-26-25(32)31-14-12-30(13-15-31)23-22-19-10-11-29(4-2)17-20(19)33-24(22)28-21(27-23)16-18-8-6-5-7-9-18/h5-9H,3-4,10-17H2,1-2H3,(H,26,32). The second kappa shape index (κ2) is 9.65. The normalized spacial score (nSPS) is 16.8. The topological polar surface area (TPSA) is 64.6 Å². The maximum atomic E-state index is 12.3. The van der Waals surface area contributed by atoms with Crippen molar-refractivity contribution in [3.05, 3.63) is 52.2 Å². The Morgan fingerprint density at radius 3 is 2.58 bits per heavy atom. The van der Waals surface area contributed by atoms with Gasteiger partial charge < -0.3 is 15.1 Å². The fraction of sp³-hybridized carbons (Fsp3) is 0.480. The van der Waals surface area contributed by atoms with Crippen LogP contribution in [0.25, 0.3) is 10.2 Å². The number of nitrogens with one attached hydrogen (secondary N) is 1. The lowest BCUT2D eigenvalue weighted by molar-refractivity contribution is 0.195. The van der Waals surface area contributed by atoms with Gasteiger partial charge in [-0.05, 0) is 31.0 Å². The van der Waals surface area contributed by atoms with Crippen LogP contribution in [0.15, 0.2) is 30.3 Å². The van der Waals surface area contributed by atoms with Crippen LogP contribution in [-0.4, -0.2) is 71.6 Å². The van der Waals surface area contributed by atoms with E-state index in [0.717, 1.165) is 62.0 Å². The summed E-state index contributed by atoms with van der Waals surface area (Å²) in [7, 11) is 0. The monoisotopic (exact) mass is 464 g/mol. The number of urea groups is 1. The number of fused-ring (bicyclic) bond motifs is 3. The number of likely N-dealkylation sites (N-methyl/N-ethyl adjacent to an activating group) is 1. The van der Waals surface area contributed by atoms with Crippen molar-refractivity contribution in [2.75, 3.05) is 50.7 Å². The van der Waals surface area contributed by atoms with E-state index in [0.29, 0.717) is 19.6 Å². The van der Waals surface area contributed by atoms with Gasteiger partial charge in [-0.25, -0.2) is 14.8 Å². The van der Waals surface area contributed by atoms with Crippen molar-refractivity contribution in [2.45, 2.75) is 33.2 Å². The summed E-state index contributed by atoms with van der Waals surface area (Å²) in [4.78, 5) is 31.8. The molecule has 0 radical (unpaired) electrons. The Labute approximate surface area is 199 Å². The average molecular weight is 465 g/mol. The van der Waals surface area contributed by atoms with Crippen molar-refractivity contribution in [1.82, 2.24) is 25.1 Å². The third kappa shape index (κ3) is 4.54. The number of carbonyl (C=O) groups excluding carboxylic acids is 1. The number of benzene rings is 1. The van der Waals surface area contributed by atoms with Crippen LogP contribution >= 0.6 is 11.3 Å². The number of nitrogens with zero attached hydrogens (tertiary/aromatic N) is 5. The minimum atomic E-state index is 0.0299. The van der Waals surface area contributed by atoms with Crippen molar-refractivity contribution in [1.29, 1.82) is 0 Å². The Morgan fingerprint density at radius 2 is 1.85 bits per heavy atom. The third-order valence-electron chi connectivity index (χ3n) is 6.65. The summed E-state index contributed by atoms with van der Waals surface area (Å²) in [5.74, 6) is 1.93. The van der Waals surface area contributed by atoms with Gasteiger partial charge in [-0.3, -0.25) is 4.90 Å². The fourth-order valence-electron chi connectivity index (χ4n) is 4.81. The molecule has 0 unspecified atom stereocenters. The Balaban J connectivity index is 1.50. The smallest absolute Gasteiger partial charge is 0.317 e. The van der Waals surface area contributed by atoms with Crippen molar-refractivity contribution in [2.24, 2.45) is 0 Å². The van der Waals surface area contributed by atoms with Crippen molar-refractivity contribution < 1.29 is 4.79 Å². The molecule has 8 heteroatoms. The molecule has 2 amide bonds. The number of piperazine rings is 1. The molecule has 3 aromatic rings. The summed E-state index contributed by atoms with van der Waals surface area (Å²) >= 11 is 1.84. The van der Waals surface area contributed by atoms with Crippen LogP contribution in [0, 0.1) is 0 Å². The van der Waals surface area contributed by atoms with Crippen LogP contribution in [0.1, 0.15) is 35.7 Å². The number of hydrogen-bond donors (Lipinski definition) is 1. The summed E-state index contributed by atoms with van der Waals surface area (Å²) in [5, 5.41) is 4.17. The first kappa shape index (κ1) is 22.1. The van der Waals surface area contributed by atoms with Gasteiger partial charge in [0.05, 0.1) is 5.39 Å². The van der Waals surface area contributed by atoms with E-state index in [1.807, 2.05) is 29.2 Å². The Kier molecular flexibility index (Phi) is 6.46. The molecular weight excluding hydrogens is 432 g/mol. The van der Waals surface area contributed by atoms with Crippen molar-refractivity contribution in [3.8, 4) is 0 Å². The first-order valence-electron chi connectivity index (χ1n) is 12.0. The molecule has 4 heterocycles. The number of carbonyl (C=O) groups is 1. The number of aromatic nitrogens is 2. The van der Waals surface area contributed by atoms with Crippen molar-refractivity contribution >= 4 is 33.4 Å². The van der Waals surface area contributed by atoms with E-state index in [2.05, 4.69) is 46.3 Å². The lowest BCUT2D eigenvalue weighted by Gasteiger charge is -2.36. The molecule has 1 aromatic carbocycles. The lowest BCUT2D eigenvalue weighted by Crippen LogP contribution is -2.52. The highest BCUT2D eigenvalue weighted by atomic mass is 32.1. The number of thiophene rings is 1. The third-order valence-corrected chi connectivity index (χ3v) is 7.76. The van der Waals surface area contributed by atoms with Crippen LogP contribution < -0.4 is 10.2 Å². The Bertz CT molecular complexity index is 1120. The second-order valence-electron chi connectivity index (χ2n) is 8.74. The van der Waals surface area contributed by atoms with Crippen LogP contribution in [-0.2, 0) is 19.4 Å². The highest BCUT2D eigenvalue weighted by Crippen LogP contribution is 2.39. The largest absolute Gasteiger partial charge is 0.352 e. The van der Waals surface area contributed by atoms with Gasteiger partial charge in [0.2, 0.25) is 0 Å². The molecule has 0 atom stereocenters. The fourth-order valence-corrected chi connectivity index (χ4v) is 6.09. The quantitative estimate of drug-likeness (QED) is 0.626. The predicted octanol–water partition coefficient (Wildman–Crippen LogP) is 3.51. The van der Waals surface area contributed by atoms with Gasteiger partial charge >= 0.3 is 6.03 Å². The van der Waals surface area contributed by atoms with Gasteiger partial charge in [0, 0.05) is 57.1 Å².